The van der Waals surface area contributed by atoms with Crippen molar-refractivity contribution >= 4 is 11.0 Å². The summed E-state index contributed by atoms with van der Waals surface area (Å²) >= 11 is 0. The Morgan fingerprint density at radius 1 is 1.12 bits per heavy atom. The largest absolute Gasteiger partial charge is 0.390 e. The fourth-order valence-electron chi connectivity index (χ4n) is 6.37. The molecule has 0 saturated heterocycles. The van der Waals surface area contributed by atoms with E-state index in [2.05, 4.69) is 17.4 Å². The quantitative estimate of drug-likeness (QED) is 0.898. The van der Waals surface area contributed by atoms with Crippen molar-refractivity contribution in [3.63, 3.8) is 0 Å². The van der Waals surface area contributed by atoms with E-state index in [0.717, 1.165) is 36.8 Å². The highest BCUT2D eigenvalue weighted by molar-refractivity contribution is 5.76. The van der Waals surface area contributed by atoms with Crippen LogP contribution in [0.4, 0.5) is 0 Å². The first-order chi connectivity index (χ1) is 11.9. The highest BCUT2D eigenvalue weighted by atomic mass is 16.3. The molecule has 0 amide bonds. The number of nitrogens with one attached hydrogen (secondary N) is 1. The molecule has 4 aliphatic carbocycles. The van der Waals surface area contributed by atoms with Gasteiger partial charge in [0.25, 0.3) is 0 Å². The number of imidazole rings is 1. The molecular formula is C20H27N3O2. The predicted octanol–water partition coefficient (Wildman–Crippen LogP) is 2.05. The summed E-state index contributed by atoms with van der Waals surface area (Å²) in [6.45, 7) is 0.800. The Labute approximate surface area is 147 Å². The van der Waals surface area contributed by atoms with Crippen LogP contribution in [-0.2, 0) is 20.6 Å². The van der Waals surface area contributed by atoms with Crippen molar-refractivity contribution in [1.29, 1.82) is 0 Å². The Morgan fingerprint density at radius 3 is 2.48 bits per heavy atom. The first-order valence-corrected chi connectivity index (χ1v) is 9.48. The Bertz CT molecular complexity index is 896. The van der Waals surface area contributed by atoms with Gasteiger partial charge in [0, 0.05) is 26.2 Å². The van der Waals surface area contributed by atoms with Crippen LogP contribution in [0.2, 0.25) is 0 Å². The van der Waals surface area contributed by atoms with Crippen LogP contribution in [0.3, 0.4) is 0 Å². The molecule has 1 heterocycles. The Morgan fingerprint density at radius 2 is 1.80 bits per heavy atom. The number of nitrogens with zero attached hydrogens (tertiary/aromatic N) is 2. The van der Waals surface area contributed by atoms with Gasteiger partial charge in [-0.1, -0.05) is 6.07 Å². The molecule has 2 aromatic rings. The van der Waals surface area contributed by atoms with Crippen LogP contribution in [0.1, 0.15) is 44.1 Å². The monoisotopic (exact) mass is 341 g/mol. The molecule has 0 unspecified atom stereocenters. The van der Waals surface area contributed by atoms with Crippen LogP contribution in [0, 0.1) is 11.8 Å². The summed E-state index contributed by atoms with van der Waals surface area (Å²) in [5, 5.41) is 14.7. The van der Waals surface area contributed by atoms with E-state index in [4.69, 9.17) is 0 Å². The van der Waals surface area contributed by atoms with Gasteiger partial charge < -0.3 is 10.4 Å². The molecule has 25 heavy (non-hydrogen) atoms. The minimum Gasteiger partial charge on any atom is -0.390 e. The molecule has 5 heteroatoms. The lowest BCUT2D eigenvalue weighted by atomic mass is 9.51. The minimum atomic E-state index is -0.426. The van der Waals surface area contributed by atoms with E-state index in [1.807, 2.05) is 20.2 Å². The normalized spacial score (nSPS) is 36.4. The summed E-state index contributed by atoms with van der Waals surface area (Å²) in [4.78, 5) is 12.1. The van der Waals surface area contributed by atoms with Crippen LogP contribution in [0.5, 0.6) is 0 Å². The van der Waals surface area contributed by atoms with E-state index in [1.54, 1.807) is 9.13 Å². The Kier molecular flexibility index (Phi) is 3.12. The molecule has 4 fully saturated rings. The molecule has 4 bridgehead atoms. The smallest absolute Gasteiger partial charge is 0.328 e. The molecule has 2 atom stereocenters. The number of aryl methyl sites for hydroxylation is 2. The van der Waals surface area contributed by atoms with Gasteiger partial charge in [0.05, 0.1) is 16.6 Å². The second-order valence-electron chi connectivity index (χ2n) is 9.04. The highest BCUT2D eigenvalue weighted by Crippen LogP contribution is 2.57. The van der Waals surface area contributed by atoms with Gasteiger partial charge in [0.1, 0.15) is 0 Å². The molecule has 1 aromatic heterocycles. The minimum absolute atomic E-state index is 0.0171. The van der Waals surface area contributed by atoms with E-state index in [1.165, 1.54) is 24.8 Å². The average Bonchev–Trinajstić information content (AvgIpc) is 2.75. The predicted molar refractivity (Wildman–Crippen MR) is 97.4 cm³/mol. The molecule has 5 nitrogen and oxygen atoms in total. The van der Waals surface area contributed by atoms with E-state index in [9.17, 15) is 9.90 Å². The van der Waals surface area contributed by atoms with Gasteiger partial charge >= 0.3 is 5.69 Å². The van der Waals surface area contributed by atoms with Crippen LogP contribution in [0.25, 0.3) is 11.0 Å². The number of fused-ring (bicyclic) bond motifs is 1. The van der Waals surface area contributed by atoms with Gasteiger partial charge in [-0.15, -0.1) is 0 Å². The molecule has 0 radical (unpaired) electrons. The molecule has 4 aliphatic rings. The van der Waals surface area contributed by atoms with Crippen molar-refractivity contribution in [3.05, 3.63) is 34.2 Å². The summed E-state index contributed by atoms with van der Waals surface area (Å²) < 4.78 is 3.41. The Hall–Kier alpha value is -1.59. The highest BCUT2D eigenvalue weighted by Gasteiger charge is 2.56. The average molecular weight is 341 g/mol. The third kappa shape index (κ3) is 2.32. The van der Waals surface area contributed by atoms with Crippen molar-refractivity contribution < 1.29 is 5.11 Å². The maximum absolute atomic E-state index is 12.1. The standard InChI is InChI=1S/C20H27N3O2/c1-22-16-4-3-13(6-17(16)23(2)18(22)24)11-21-19-7-14-5-15(8-19)10-20(25,9-14)12-19/h3-4,6,14-15,21,25H,5,7-12H2,1-2H3/t14-,15-,19?,20?/m1/s1. The van der Waals surface area contributed by atoms with Gasteiger partial charge in [-0.2, -0.15) is 0 Å². The van der Waals surface area contributed by atoms with Crippen molar-refractivity contribution in [2.24, 2.45) is 25.9 Å². The molecule has 1 aromatic carbocycles. The first-order valence-electron chi connectivity index (χ1n) is 9.48. The molecule has 0 spiro atoms. The number of aliphatic hydroxyl groups is 1. The fourth-order valence-corrected chi connectivity index (χ4v) is 6.37. The number of rotatable bonds is 3. The number of hydrogen-bond acceptors (Lipinski definition) is 3. The van der Waals surface area contributed by atoms with Crippen molar-refractivity contribution in [2.75, 3.05) is 0 Å². The lowest BCUT2D eigenvalue weighted by molar-refractivity contribution is -0.142. The number of benzene rings is 1. The van der Waals surface area contributed by atoms with Gasteiger partial charge in [-0.25, -0.2) is 4.79 Å². The van der Waals surface area contributed by atoms with E-state index >= 15 is 0 Å². The summed E-state index contributed by atoms with van der Waals surface area (Å²) in [5.41, 5.74) is 2.86. The summed E-state index contributed by atoms with van der Waals surface area (Å²) in [6, 6.07) is 6.28. The van der Waals surface area contributed by atoms with Crippen LogP contribution >= 0.6 is 0 Å². The summed E-state index contributed by atoms with van der Waals surface area (Å²) in [7, 11) is 3.65. The molecule has 2 N–H and O–H groups in total. The van der Waals surface area contributed by atoms with Crippen molar-refractivity contribution in [2.45, 2.75) is 56.2 Å². The lowest BCUT2D eigenvalue weighted by Crippen LogP contribution is -2.64. The molecule has 4 saturated carbocycles. The third-order valence-corrected chi connectivity index (χ3v) is 7.03. The maximum atomic E-state index is 12.1. The number of hydrogen-bond donors (Lipinski definition) is 2. The second-order valence-corrected chi connectivity index (χ2v) is 9.04. The van der Waals surface area contributed by atoms with E-state index in [-0.39, 0.29) is 11.2 Å². The zero-order valence-electron chi connectivity index (χ0n) is 15.1. The zero-order valence-corrected chi connectivity index (χ0v) is 15.1. The van der Waals surface area contributed by atoms with Gasteiger partial charge in [-0.3, -0.25) is 9.13 Å². The SMILES string of the molecule is Cn1c(=O)n(C)c2cc(CNC34C[C@H]5C[C@@H](CC(O)(C5)C3)C4)ccc21. The van der Waals surface area contributed by atoms with E-state index in [0.29, 0.717) is 11.8 Å². The molecular weight excluding hydrogens is 314 g/mol. The maximum Gasteiger partial charge on any atom is 0.328 e. The first kappa shape index (κ1) is 15.6. The van der Waals surface area contributed by atoms with E-state index < -0.39 is 5.60 Å². The van der Waals surface area contributed by atoms with Crippen LogP contribution in [-0.4, -0.2) is 25.4 Å². The summed E-state index contributed by atoms with van der Waals surface area (Å²) in [6.07, 6.45) is 6.63. The van der Waals surface area contributed by atoms with Gasteiger partial charge in [0.2, 0.25) is 0 Å². The lowest BCUT2D eigenvalue weighted by Gasteiger charge is -2.60. The van der Waals surface area contributed by atoms with Crippen molar-refractivity contribution in [1.82, 2.24) is 14.5 Å². The zero-order chi connectivity index (χ0) is 17.4. The third-order valence-electron chi connectivity index (χ3n) is 7.03. The van der Waals surface area contributed by atoms with Gasteiger partial charge in [0.15, 0.2) is 0 Å². The van der Waals surface area contributed by atoms with Crippen LogP contribution < -0.4 is 11.0 Å². The Balaban J connectivity index is 1.41. The molecule has 0 aliphatic heterocycles. The second kappa shape index (κ2) is 4.98. The van der Waals surface area contributed by atoms with Crippen molar-refractivity contribution in [3.8, 4) is 0 Å². The molecule has 134 valence electrons. The van der Waals surface area contributed by atoms with Gasteiger partial charge in [-0.05, 0) is 68.1 Å². The fraction of sp³-hybridized carbons (Fsp3) is 0.650. The topological polar surface area (TPSA) is 59.2 Å². The summed E-state index contributed by atoms with van der Waals surface area (Å²) in [5.74, 6) is 1.38. The number of aromatic nitrogens is 2. The van der Waals surface area contributed by atoms with Crippen LogP contribution in [0.15, 0.2) is 23.0 Å². The molecule has 6 rings (SSSR count).